The molecule has 1 saturated carbocycles. The summed E-state index contributed by atoms with van der Waals surface area (Å²) in [5.74, 6) is 0.158. The van der Waals surface area contributed by atoms with Crippen LogP contribution in [0.3, 0.4) is 0 Å². The van der Waals surface area contributed by atoms with Gasteiger partial charge in [0.15, 0.2) is 0 Å². The smallest absolute Gasteiger partial charge is 0.244 e. The van der Waals surface area contributed by atoms with Crippen molar-refractivity contribution >= 4 is 22.6 Å². The van der Waals surface area contributed by atoms with Crippen LogP contribution in [0.15, 0.2) is 30.6 Å². The molecule has 3 N–H and O–H groups in total. The summed E-state index contributed by atoms with van der Waals surface area (Å²) in [6.07, 6.45) is 5.34. The highest BCUT2D eigenvalue weighted by atomic mass is 16.2. The fourth-order valence-corrected chi connectivity index (χ4v) is 2.18. The molecular weight excluding hydrogens is 240 g/mol. The zero-order chi connectivity index (χ0) is 13.5. The SMILES string of the molecule is CC(N)(C(=O)Nc1ccc2nccnc2c1)C1CC1. The molecule has 1 aliphatic carbocycles. The van der Waals surface area contributed by atoms with Crippen LogP contribution in [-0.4, -0.2) is 21.4 Å². The zero-order valence-electron chi connectivity index (χ0n) is 10.8. The van der Waals surface area contributed by atoms with Crippen LogP contribution in [0.1, 0.15) is 19.8 Å². The number of hydrogen-bond acceptors (Lipinski definition) is 4. The van der Waals surface area contributed by atoms with Gasteiger partial charge in [-0.15, -0.1) is 0 Å². The molecule has 98 valence electrons. The number of nitrogens with one attached hydrogen (secondary N) is 1. The summed E-state index contributed by atoms with van der Waals surface area (Å²) < 4.78 is 0. The Morgan fingerprint density at radius 3 is 2.68 bits per heavy atom. The minimum atomic E-state index is -0.794. The molecule has 0 radical (unpaired) electrons. The number of amides is 1. The van der Waals surface area contributed by atoms with Gasteiger partial charge in [-0.1, -0.05) is 0 Å². The van der Waals surface area contributed by atoms with E-state index in [-0.39, 0.29) is 5.91 Å². The molecule has 1 amide bonds. The molecule has 1 aromatic carbocycles. The first-order valence-corrected chi connectivity index (χ1v) is 6.38. The van der Waals surface area contributed by atoms with E-state index in [4.69, 9.17) is 5.73 Å². The summed E-state index contributed by atoms with van der Waals surface area (Å²) in [5, 5.41) is 2.86. The molecule has 19 heavy (non-hydrogen) atoms. The summed E-state index contributed by atoms with van der Waals surface area (Å²) in [4.78, 5) is 20.6. The molecule has 1 unspecified atom stereocenters. The molecule has 0 aliphatic heterocycles. The lowest BCUT2D eigenvalue weighted by Gasteiger charge is -2.23. The summed E-state index contributed by atoms with van der Waals surface area (Å²) in [6, 6.07) is 5.46. The Balaban J connectivity index is 1.83. The molecule has 5 nitrogen and oxygen atoms in total. The number of nitrogens with zero attached hydrogens (tertiary/aromatic N) is 2. The second-order valence-corrected chi connectivity index (χ2v) is 5.27. The van der Waals surface area contributed by atoms with Crippen molar-refractivity contribution in [1.82, 2.24) is 9.97 Å². The minimum absolute atomic E-state index is 0.141. The van der Waals surface area contributed by atoms with Crippen molar-refractivity contribution in [3.63, 3.8) is 0 Å². The molecule has 2 aromatic rings. The van der Waals surface area contributed by atoms with Crippen LogP contribution in [0.25, 0.3) is 11.0 Å². The Bertz CT molecular complexity index is 634. The first kappa shape index (κ1) is 12.0. The maximum Gasteiger partial charge on any atom is 0.244 e. The van der Waals surface area contributed by atoms with Gasteiger partial charge in [0.2, 0.25) is 5.91 Å². The van der Waals surface area contributed by atoms with Gasteiger partial charge in [0.25, 0.3) is 0 Å². The van der Waals surface area contributed by atoms with Gasteiger partial charge >= 0.3 is 0 Å². The lowest BCUT2D eigenvalue weighted by Crippen LogP contribution is -2.50. The molecule has 5 heteroatoms. The summed E-state index contributed by atoms with van der Waals surface area (Å²) >= 11 is 0. The van der Waals surface area contributed by atoms with E-state index in [0.717, 1.165) is 23.9 Å². The lowest BCUT2D eigenvalue weighted by atomic mass is 9.96. The van der Waals surface area contributed by atoms with Crippen LogP contribution in [0.4, 0.5) is 5.69 Å². The second-order valence-electron chi connectivity index (χ2n) is 5.27. The standard InChI is InChI=1S/C14H16N4O/c1-14(15,9-2-3-9)13(19)18-10-4-5-11-12(8-10)17-7-6-16-11/h4-9H,2-3,15H2,1H3,(H,18,19). The van der Waals surface area contributed by atoms with E-state index in [9.17, 15) is 4.79 Å². The van der Waals surface area contributed by atoms with Crippen molar-refractivity contribution in [2.75, 3.05) is 5.32 Å². The van der Waals surface area contributed by atoms with Gasteiger partial charge in [-0.2, -0.15) is 0 Å². The number of rotatable bonds is 3. The maximum atomic E-state index is 12.2. The monoisotopic (exact) mass is 256 g/mol. The number of fused-ring (bicyclic) bond motifs is 1. The van der Waals surface area contributed by atoms with E-state index in [1.165, 1.54) is 0 Å². The van der Waals surface area contributed by atoms with Gasteiger partial charge in [-0.05, 0) is 43.9 Å². The highest BCUT2D eigenvalue weighted by Crippen LogP contribution is 2.38. The largest absolute Gasteiger partial charge is 0.324 e. The van der Waals surface area contributed by atoms with E-state index in [2.05, 4.69) is 15.3 Å². The van der Waals surface area contributed by atoms with E-state index in [1.54, 1.807) is 19.3 Å². The summed E-state index contributed by atoms with van der Waals surface area (Å²) in [5.41, 5.74) is 7.55. The third kappa shape index (κ3) is 2.29. The van der Waals surface area contributed by atoms with Gasteiger partial charge < -0.3 is 11.1 Å². The van der Waals surface area contributed by atoms with Crippen LogP contribution < -0.4 is 11.1 Å². The van der Waals surface area contributed by atoms with Crippen molar-refractivity contribution < 1.29 is 4.79 Å². The predicted octanol–water partition coefficient (Wildman–Crippen LogP) is 1.70. The number of benzene rings is 1. The first-order chi connectivity index (χ1) is 9.07. The fourth-order valence-electron chi connectivity index (χ4n) is 2.18. The van der Waals surface area contributed by atoms with Gasteiger partial charge in [0.05, 0.1) is 16.6 Å². The zero-order valence-corrected chi connectivity index (χ0v) is 10.8. The third-order valence-corrected chi connectivity index (χ3v) is 3.64. The molecule has 0 saturated heterocycles. The fraction of sp³-hybridized carbons (Fsp3) is 0.357. The minimum Gasteiger partial charge on any atom is -0.324 e. The molecule has 1 aromatic heterocycles. The summed E-state index contributed by atoms with van der Waals surface area (Å²) in [7, 11) is 0. The van der Waals surface area contributed by atoms with Crippen LogP contribution >= 0.6 is 0 Å². The van der Waals surface area contributed by atoms with Gasteiger partial charge in [0, 0.05) is 18.1 Å². The second kappa shape index (κ2) is 4.28. The van der Waals surface area contributed by atoms with E-state index in [0.29, 0.717) is 11.6 Å². The van der Waals surface area contributed by atoms with Crippen molar-refractivity contribution in [3.05, 3.63) is 30.6 Å². The third-order valence-electron chi connectivity index (χ3n) is 3.64. The average molecular weight is 256 g/mol. The molecule has 0 spiro atoms. The average Bonchev–Trinajstić information content (AvgIpc) is 3.23. The number of carbonyl (C=O) groups is 1. The summed E-state index contributed by atoms with van der Waals surface area (Å²) in [6.45, 7) is 1.79. The molecule has 1 heterocycles. The predicted molar refractivity (Wildman–Crippen MR) is 73.5 cm³/mol. The first-order valence-electron chi connectivity index (χ1n) is 6.38. The highest BCUT2D eigenvalue weighted by molar-refractivity contribution is 5.99. The van der Waals surface area contributed by atoms with Gasteiger partial charge in [0.1, 0.15) is 0 Å². The lowest BCUT2D eigenvalue weighted by molar-refractivity contribution is -0.121. The van der Waals surface area contributed by atoms with E-state index >= 15 is 0 Å². The number of aromatic nitrogens is 2. The Hall–Kier alpha value is -2.01. The highest BCUT2D eigenvalue weighted by Gasteiger charge is 2.44. The van der Waals surface area contributed by atoms with Crippen LogP contribution in [0.5, 0.6) is 0 Å². The van der Waals surface area contributed by atoms with Crippen LogP contribution in [0, 0.1) is 5.92 Å². The Morgan fingerprint density at radius 2 is 2.00 bits per heavy atom. The molecular formula is C14H16N4O. The molecule has 1 aliphatic rings. The van der Waals surface area contributed by atoms with Crippen molar-refractivity contribution in [2.24, 2.45) is 11.7 Å². The van der Waals surface area contributed by atoms with Crippen molar-refractivity contribution in [1.29, 1.82) is 0 Å². The van der Waals surface area contributed by atoms with Crippen LogP contribution in [0.2, 0.25) is 0 Å². The van der Waals surface area contributed by atoms with Gasteiger partial charge in [-0.25, -0.2) is 0 Å². The Kier molecular flexibility index (Phi) is 2.71. The van der Waals surface area contributed by atoms with Gasteiger partial charge in [-0.3, -0.25) is 14.8 Å². The molecule has 1 atom stereocenters. The molecule has 0 bridgehead atoms. The van der Waals surface area contributed by atoms with E-state index < -0.39 is 5.54 Å². The van der Waals surface area contributed by atoms with Crippen molar-refractivity contribution in [3.8, 4) is 0 Å². The normalized spacial score (nSPS) is 18.0. The number of anilines is 1. The van der Waals surface area contributed by atoms with E-state index in [1.807, 2.05) is 18.2 Å². The molecule has 3 rings (SSSR count). The quantitative estimate of drug-likeness (QED) is 0.875. The number of carbonyl (C=O) groups excluding carboxylic acids is 1. The Labute approximate surface area is 111 Å². The Morgan fingerprint density at radius 1 is 1.32 bits per heavy atom. The number of hydrogen-bond donors (Lipinski definition) is 2. The number of nitrogens with two attached hydrogens (primary N) is 1. The maximum absolute atomic E-state index is 12.2. The molecule has 1 fully saturated rings. The topological polar surface area (TPSA) is 80.9 Å². The van der Waals surface area contributed by atoms with Crippen LogP contribution in [-0.2, 0) is 4.79 Å². The van der Waals surface area contributed by atoms with Crippen molar-refractivity contribution in [2.45, 2.75) is 25.3 Å².